The van der Waals surface area contributed by atoms with Gasteiger partial charge in [-0.3, -0.25) is 9.36 Å². The van der Waals surface area contributed by atoms with Gasteiger partial charge >= 0.3 is 5.69 Å². The average Bonchev–Trinajstić information content (AvgIpc) is 3.03. The number of aromatic nitrogens is 2. The largest absolute Gasteiger partial charge is 0.495 e. The van der Waals surface area contributed by atoms with Gasteiger partial charge in [0.1, 0.15) is 22.9 Å². The SMILES string of the molecule is COc1ccccc1NC(=O)Cn1c(=O)nc(N)c2c3c(sc21)COC(C)(C)C3. The van der Waals surface area contributed by atoms with Crippen LogP contribution in [-0.2, 0) is 29.1 Å². The summed E-state index contributed by atoms with van der Waals surface area (Å²) >= 11 is 1.42. The molecule has 1 aliphatic heterocycles. The standard InChI is InChI=1S/C20H22N4O4S/c1-20(2)8-11-14(10-28-20)29-18-16(11)17(21)23-19(26)24(18)9-15(25)22-12-6-4-5-7-13(12)27-3/h4-7H,8-10H2,1-3H3,(H,22,25)(H2,21,23,26). The van der Waals surface area contributed by atoms with E-state index in [1.165, 1.54) is 23.0 Å². The molecule has 9 heteroatoms. The van der Waals surface area contributed by atoms with E-state index in [1.807, 2.05) is 19.9 Å². The van der Waals surface area contributed by atoms with Crippen molar-refractivity contribution < 1.29 is 14.3 Å². The van der Waals surface area contributed by atoms with Crippen molar-refractivity contribution in [3.63, 3.8) is 0 Å². The van der Waals surface area contributed by atoms with Gasteiger partial charge in [-0.1, -0.05) is 12.1 Å². The van der Waals surface area contributed by atoms with Gasteiger partial charge in [-0.25, -0.2) is 4.79 Å². The molecule has 3 aromatic rings. The Morgan fingerprint density at radius 1 is 1.41 bits per heavy atom. The number of anilines is 2. The summed E-state index contributed by atoms with van der Waals surface area (Å²) < 4.78 is 12.5. The molecule has 3 heterocycles. The van der Waals surface area contributed by atoms with E-state index in [2.05, 4.69) is 10.3 Å². The number of methoxy groups -OCH3 is 1. The van der Waals surface area contributed by atoms with E-state index < -0.39 is 5.69 Å². The van der Waals surface area contributed by atoms with E-state index in [4.69, 9.17) is 15.2 Å². The van der Waals surface area contributed by atoms with Gasteiger partial charge in [0.15, 0.2) is 0 Å². The van der Waals surface area contributed by atoms with Crippen molar-refractivity contribution in [1.29, 1.82) is 0 Å². The van der Waals surface area contributed by atoms with Crippen LogP contribution in [0.25, 0.3) is 10.2 Å². The van der Waals surface area contributed by atoms with E-state index in [0.29, 0.717) is 29.3 Å². The predicted molar refractivity (Wildman–Crippen MR) is 112 cm³/mol. The average molecular weight is 414 g/mol. The summed E-state index contributed by atoms with van der Waals surface area (Å²) in [7, 11) is 1.53. The van der Waals surface area contributed by atoms with Gasteiger partial charge in [-0.15, -0.1) is 11.3 Å². The highest BCUT2D eigenvalue weighted by atomic mass is 32.1. The van der Waals surface area contributed by atoms with Gasteiger partial charge in [0.05, 0.1) is 30.4 Å². The number of carbonyl (C=O) groups excluding carboxylic acids is 1. The molecular weight excluding hydrogens is 392 g/mol. The lowest BCUT2D eigenvalue weighted by molar-refractivity contribution is -0.116. The van der Waals surface area contributed by atoms with Crippen molar-refractivity contribution in [3.05, 3.63) is 45.2 Å². The van der Waals surface area contributed by atoms with Crippen molar-refractivity contribution >= 4 is 39.0 Å². The second-order valence-electron chi connectivity index (χ2n) is 7.52. The lowest BCUT2D eigenvalue weighted by Crippen LogP contribution is -2.31. The molecule has 0 fully saturated rings. The minimum absolute atomic E-state index is 0.176. The molecule has 0 aliphatic carbocycles. The number of para-hydroxylation sites is 2. The van der Waals surface area contributed by atoms with Crippen molar-refractivity contribution in [2.75, 3.05) is 18.2 Å². The third kappa shape index (κ3) is 3.58. The normalized spacial score (nSPS) is 15.1. The van der Waals surface area contributed by atoms with E-state index in [9.17, 15) is 9.59 Å². The Balaban J connectivity index is 1.72. The summed E-state index contributed by atoms with van der Waals surface area (Å²) in [6.07, 6.45) is 0.666. The molecule has 4 rings (SSSR count). The molecule has 152 valence electrons. The summed E-state index contributed by atoms with van der Waals surface area (Å²) in [6.45, 7) is 4.30. The molecule has 2 aromatic heterocycles. The van der Waals surface area contributed by atoms with E-state index in [-0.39, 0.29) is 23.9 Å². The summed E-state index contributed by atoms with van der Waals surface area (Å²) in [5.41, 5.74) is 6.81. The van der Waals surface area contributed by atoms with Gasteiger partial charge < -0.3 is 20.5 Å². The number of benzene rings is 1. The number of nitrogen functional groups attached to an aromatic ring is 1. The van der Waals surface area contributed by atoms with Gasteiger partial charge in [-0.2, -0.15) is 4.98 Å². The first-order valence-corrected chi connectivity index (χ1v) is 9.98. The third-order valence-electron chi connectivity index (χ3n) is 4.90. The number of nitrogens with two attached hydrogens (primary N) is 1. The monoisotopic (exact) mass is 414 g/mol. The third-order valence-corrected chi connectivity index (χ3v) is 6.13. The zero-order chi connectivity index (χ0) is 20.8. The van der Waals surface area contributed by atoms with Crippen LogP contribution in [-0.4, -0.2) is 28.2 Å². The smallest absolute Gasteiger partial charge is 0.351 e. The zero-order valence-corrected chi connectivity index (χ0v) is 17.3. The molecule has 0 spiro atoms. The molecule has 0 saturated heterocycles. The van der Waals surface area contributed by atoms with Gasteiger partial charge in [0.2, 0.25) is 5.91 Å². The van der Waals surface area contributed by atoms with Gasteiger partial charge in [0.25, 0.3) is 0 Å². The number of nitrogens with one attached hydrogen (secondary N) is 1. The lowest BCUT2D eigenvalue weighted by atomic mass is 9.94. The number of carbonyl (C=O) groups is 1. The van der Waals surface area contributed by atoms with Crippen molar-refractivity contribution in [2.24, 2.45) is 0 Å². The highest BCUT2D eigenvalue weighted by Gasteiger charge is 2.31. The number of rotatable bonds is 4. The maximum atomic E-state index is 12.7. The molecular formula is C20H22N4O4S. The lowest BCUT2D eigenvalue weighted by Gasteiger charge is -2.30. The number of fused-ring (bicyclic) bond motifs is 3. The molecule has 1 aromatic carbocycles. The molecule has 1 aliphatic rings. The maximum absolute atomic E-state index is 12.7. The van der Waals surface area contributed by atoms with E-state index in [0.717, 1.165) is 15.8 Å². The number of hydrogen-bond acceptors (Lipinski definition) is 7. The quantitative estimate of drug-likeness (QED) is 0.679. The summed E-state index contributed by atoms with van der Waals surface area (Å²) in [4.78, 5) is 30.8. The fourth-order valence-corrected chi connectivity index (χ4v) is 4.75. The second-order valence-corrected chi connectivity index (χ2v) is 8.61. The Labute approximate surface area is 171 Å². The molecule has 8 nitrogen and oxygen atoms in total. The highest BCUT2D eigenvalue weighted by molar-refractivity contribution is 7.19. The first-order valence-electron chi connectivity index (χ1n) is 9.16. The molecule has 0 saturated carbocycles. The van der Waals surface area contributed by atoms with Crippen molar-refractivity contribution in [3.8, 4) is 5.75 Å². The number of thiophene rings is 1. The molecule has 1 amide bonds. The first kappa shape index (κ1) is 19.4. The molecule has 3 N–H and O–H groups in total. The minimum Gasteiger partial charge on any atom is -0.495 e. The van der Waals surface area contributed by atoms with Crippen LogP contribution in [0.3, 0.4) is 0 Å². The van der Waals surface area contributed by atoms with Crippen LogP contribution in [0, 0.1) is 0 Å². The molecule has 0 bridgehead atoms. The fourth-order valence-electron chi connectivity index (χ4n) is 3.52. The minimum atomic E-state index is -0.552. The van der Waals surface area contributed by atoms with Crippen LogP contribution in [0.1, 0.15) is 24.3 Å². The Morgan fingerprint density at radius 3 is 2.93 bits per heavy atom. The van der Waals surface area contributed by atoms with Crippen LogP contribution in [0.15, 0.2) is 29.1 Å². The molecule has 0 atom stereocenters. The number of nitrogens with zero attached hydrogens (tertiary/aromatic N) is 2. The van der Waals surface area contributed by atoms with Gasteiger partial charge in [-0.05, 0) is 31.5 Å². The Hall–Kier alpha value is -2.91. The topological polar surface area (TPSA) is 108 Å². The van der Waals surface area contributed by atoms with Crippen LogP contribution in [0.2, 0.25) is 0 Å². The predicted octanol–water partition coefficient (Wildman–Crippen LogP) is 2.54. The summed E-state index contributed by atoms with van der Waals surface area (Å²) in [5, 5.41) is 3.53. The maximum Gasteiger partial charge on any atom is 0.351 e. The Kier molecular flexibility index (Phi) is 4.79. The fraction of sp³-hybridized carbons (Fsp3) is 0.350. The Morgan fingerprint density at radius 2 is 2.17 bits per heavy atom. The van der Waals surface area contributed by atoms with Crippen molar-refractivity contribution in [1.82, 2.24) is 9.55 Å². The van der Waals surface area contributed by atoms with E-state index in [1.54, 1.807) is 18.2 Å². The molecule has 0 radical (unpaired) electrons. The van der Waals surface area contributed by atoms with E-state index >= 15 is 0 Å². The molecule has 29 heavy (non-hydrogen) atoms. The number of amides is 1. The molecule has 0 unspecified atom stereocenters. The second kappa shape index (κ2) is 7.16. The highest BCUT2D eigenvalue weighted by Crippen LogP contribution is 2.40. The first-order chi connectivity index (χ1) is 13.8. The van der Waals surface area contributed by atoms with Crippen LogP contribution in [0.4, 0.5) is 11.5 Å². The zero-order valence-electron chi connectivity index (χ0n) is 16.4. The van der Waals surface area contributed by atoms with Crippen LogP contribution < -0.4 is 21.5 Å². The Bertz CT molecular complexity index is 1170. The summed E-state index contributed by atoms with van der Waals surface area (Å²) in [5.74, 6) is 0.383. The van der Waals surface area contributed by atoms with Crippen LogP contribution in [0.5, 0.6) is 5.75 Å². The van der Waals surface area contributed by atoms with Crippen LogP contribution >= 0.6 is 11.3 Å². The number of ether oxygens (including phenoxy) is 2. The number of hydrogen-bond donors (Lipinski definition) is 2. The summed E-state index contributed by atoms with van der Waals surface area (Å²) in [6, 6.07) is 7.09. The van der Waals surface area contributed by atoms with Crippen molar-refractivity contribution in [2.45, 2.75) is 39.0 Å². The van der Waals surface area contributed by atoms with Gasteiger partial charge in [0, 0.05) is 11.3 Å².